The number of aromatic nitrogens is 2. The minimum absolute atomic E-state index is 0.0455. The van der Waals surface area contributed by atoms with Crippen LogP contribution in [-0.4, -0.2) is 14.5 Å². The number of nitrogens with zero attached hydrogens (tertiary/aromatic N) is 2. The average Bonchev–Trinajstić information content (AvgIpc) is 2.70. The lowest BCUT2D eigenvalue weighted by atomic mass is 9.85. The summed E-state index contributed by atoms with van der Waals surface area (Å²) < 4.78 is 33.2. The highest BCUT2D eigenvalue weighted by molar-refractivity contribution is 5.18. The number of hydrogen-bond acceptors (Lipinski definition) is 4. The SMILES string of the molecule is Cc1c(CC2CCCCC2)n(COCc2ccc(F)c(F)c2)c(=O)n(O)c1=O. The van der Waals surface area contributed by atoms with Gasteiger partial charge in [-0.2, -0.15) is 0 Å². The van der Waals surface area contributed by atoms with Crippen molar-refractivity contribution in [1.29, 1.82) is 0 Å². The molecule has 6 nitrogen and oxygen atoms in total. The number of halogens is 2. The minimum atomic E-state index is -0.976. The number of hydrogen-bond donors (Lipinski definition) is 1. The van der Waals surface area contributed by atoms with Gasteiger partial charge in [0.15, 0.2) is 11.6 Å². The van der Waals surface area contributed by atoms with Crippen LogP contribution in [0.2, 0.25) is 0 Å². The Balaban J connectivity index is 1.82. The first kappa shape index (κ1) is 20.3. The maximum atomic E-state index is 13.3. The summed E-state index contributed by atoms with van der Waals surface area (Å²) in [6.45, 7) is 1.33. The average molecular weight is 394 g/mol. The Kier molecular flexibility index (Phi) is 6.28. The standard InChI is InChI=1S/C20H24F2N2O4/c1-13-18(10-14-5-3-2-4-6-14)23(20(26)24(27)19(13)25)12-28-11-15-7-8-16(21)17(22)9-15/h7-9,14,27H,2-6,10-12H2,1H3. The molecule has 3 rings (SSSR count). The highest BCUT2D eigenvalue weighted by Gasteiger charge is 2.21. The van der Waals surface area contributed by atoms with Crippen LogP contribution in [0.1, 0.15) is 48.9 Å². The Labute approximate surface area is 161 Å². The molecule has 1 saturated carbocycles. The molecule has 0 radical (unpaired) electrons. The van der Waals surface area contributed by atoms with Crippen LogP contribution in [0.3, 0.4) is 0 Å². The monoisotopic (exact) mass is 394 g/mol. The van der Waals surface area contributed by atoms with Crippen molar-refractivity contribution >= 4 is 0 Å². The summed E-state index contributed by atoms with van der Waals surface area (Å²) in [6, 6.07) is 3.42. The van der Waals surface area contributed by atoms with Gasteiger partial charge in [0.1, 0.15) is 6.73 Å². The van der Waals surface area contributed by atoms with Crippen LogP contribution in [0.15, 0.2) is 27.8 Å². The van der Waals surface area contributed by atoms with Gasteiger partial charge in [-0.1, -0.05) is 42.9 Å². The van der Waals surface area contributed by atoms with Crippen LogP contribution in [0.4, 0.5) is 8.78 Å². The van der Waals surface area contributed by atoms with Gasteiger partial charge in [0.25, 0.3) is 5.56 Å². The summed E-state index contributed by atoms with van der Waals surface area (Å²) in [5.74, 6) is -1.55. The topological polar surface area (TPSA) is 73.5 Å². The first-order valence-corrected chi connectivity index (χ1v) is 9.44. The third-order valence-electron chi connectivity index (χ3n) is 5.36. The molecule has 0 amide bonds. The van der Waals surface area contributed by atoms with E-state index in [0.717, 1.165) is 37.8 Å². The third kappa shape index (κ3) is 4.32. The lowest BCUT2D eigenvalue weighted by molar-refractivity contribution is 0.0490. The predicted octanol–water partition coefficient (Wildman–Crippen LogP) is 3.13. The van der Waals surface area contributed by atoms with E-state index in [4.69, 9.17) is 4.74 Å². The molecule has 1 aromatic carbocycles. The summed E-state index contributed by atoms with van der Waals surface area (Å²) in [5.41, 5.74) is -0.323. The van der Waals surface area contributed by atoms with Crippen LogP contribution >= 0.6 is 0 Å². The zero-order valence-electron chi connectivity index (χ0n) is 15.8. The van der Waals surface area contributed by atoms with E-state index in [1.807, 2.05) is 0 Å². The van der Waals surface area contributed by atoms with Gasteiger partial charge < -0.3 is 9.94 Å². The zero-order valence-corrected chi connectivity index (χ0v) is 15.8. The van der Waals surface area contributed by atoms with Crippen LogP contribution in [0.5, 0.6) is 0 Å². The maximum Gasteiger partial charge on any atom is 0.366 e. The van der Waals surface area contributed by atoms with E-state index in [0.29, 0.717) is 29.2 Å². The first-order chi connectivity index (χ1) is 13.4. The van der Waals surface area contributed by atoms with E-state index in [2.05, 4.69) is 0 Å². The van der Waals surface area contributed by atoms with Crippen LogP contribution < -0.4 is 11.2 Å². The highest BCUT2D eigenvalue weighted by atomic mass is 19.2. The normalized spacial score (nSPS) is 15.1. The van der Waals surface area contributed by atoms with Gasteiger partial charge in [-0.3, -0.25) is 9.36 Å². The molecule has 0 unspecified atom stereocenters. The zero-order chi connectivity index (χ0) is 20.3. The van der Waals surface area contributed by atoms with Crippen molar-refractivity contribution in [3.63, 3.8) is 0 Å². The molecule has 1 heterocycles. The van der Waals surface area contributed by atoms with Gasteiger partial charge >= 0.3 is 5.69 Å². The Bertz CT molecular complexity index is 962. The summed E-state index contributed by atoms with van der Waals surface area (Å²) >= 11 is 0. The van der Waals surface area contributed by atoms with Crippen LogP contribution in [0, 0.1) is 24.5 Å². The summed E-state index contributed by atoms with van der Waals surface area (Å²) in [6.07, 6.45) is 6.07. The van der Waals surface area contributed by atoms with Gasteiger partial charge in [0.05, 0.1) is 6.61 Å². The fourth-order valence-electron chi connectivity index (χ4n) is 3.75. The van der Waals surface area contributed by atoms with Gasteiger partial charge in [0.2, 0.25) is 0 Å². The van der Waals surface area contributed by atoms with Gasteiger partial charge in [-0.25, -0.2) is 13.6 Å². The minimum Gasteiger partial charge on any atom is -0.421 e. The van der Waals surface area contributed by atoms with E-state index in [1.54, 1.807) is 6.92 Å². The quantitative estimate of drug-likeness (QED) is 0.764. The van der Waals surface area contributed by atoms with Crippen molar-refractivity contribution in [2.45, 2.75) is 58.8 Å². The molecule has 0 saturated heterocycles. The molecule has 1 N–H and O–H groups in total. The van der Waals surface area contributed by atoms with Crippen molar-refractivity contribution in [2.75, 3.05) is 0 Å². The Morgan fingerprint density at radius 1 is 1.14 bits per heavy atom. The first-order valence-electron chi connectivity index (χ1n) is 9.44. The molecule has 0 aliphatic heterocycles. The second-order valence-corrected chi connectivity index (χ2v) is 7.33. The highest BCUT2D eigenvalue weighted by Crippen LogP contribution is 2.27. The Morgan fingerprint density at radius 3 is 2.54 bits per heavy atom. The van der Waals surface area contributed by atoms with Crippen molar-refractivity contribution < 1.29 is 18.7 Å². The second-order valence-electron chi connectivity index (χ2n) is 7.33. The number of rotatable bonds is 6. The molecule has 0 spiro atoms. The molecule has 1 fully saturated rings. The van der Waals surface area contributed by atoms with E-state index in [9.17, 15) is 23.6 Å². The third-order valence-corrected chi connectivity index (χ3v) is 5.36. The Hall–Kier alpha value is -2.48. The van der Waals surface area contributed by atoms with E-state index < -0.39 is 22.9 Å². The molecule has 1 aromatic heterocycles. The van der Waals surface area contributed by atoms with Crippen molar-refractivity contribution in [3.8, 4) is 0 Å². The van der Waals surface area contributed by atoms with Gasteiger partial charge in [0, 0.05) is 11.3 Å². The molecular formula is C20H24F2N2O4. The predicted molar refractivity (Wildman–Crippen MR) is 98.3 cm³/mol. The van der Waals surface area contributed by atoms with E-state index >= 15 is 0 Å². The summed E-state index contributed by atoms with van der Waals surface area (Å²) in [4.78, 5) is 24.6. The smallest absolute Gasteiger partial charge is 0.366 e. The lowest BCUT2D eigenvalue weighted by Gasteiger charge is -2.24. The molecule has 28 heavy (non-hydrogen) atoms. The van der Waals surface area contributed by atoms with E-state index in [-0.39, 0.29) is 18.1 Å². The van der Waals surface area contributed by atoms with Gasteiger partial charge in [-0.15, -0.1) is 0 Å². The number of benzene rings is 1. The maximum absolute atomic E-state index is 13.3. The molecule has 2 aromatic rings. The number of ether oxygens (including phenoxy) is 1. The molecule has 1 aliphatic rings. The van der Waals surface area contributed by atoms with Gasteiger partial charge in [-0.05, 0) is 37.0 Å². The molecule has 0 atom stereocenters. The molecule has 8 heteroatoms. The summed E-state index contributed by atoms with van der Waals surface area (Å²) in [7, 11) is 0. The van der Waals surface area contributed by atoms with Crippen molar-refractivity contribution in [1.82, 2.24) is 9.30 Å². The molecule has 1 aliphatic carbocycles. The second kappa shape index (κ2) is 8.68. The molecule has 152 valence electrons. The molecule has 0 bridgehead atoms. The van der Waals surface area contributed by atoms with Crippen molar-refractivity contribution in [2.24, 2.45) is 5.92 Å². The summed E-state index contributed by atoms with van der Waals surface area (Å²) in [5, 5.41) is 9.81. The lowest BCUT2D eigenvalue weighted by Crippen LogP contribution is -2.42. The Morgan fingerprint density at radius 2 is 1.86 bits per heavy atom. The van der Waals surface area contributed by atoms with Crippen LogP contribution in [0.25, 0.3) is 0 Å². The largest absolute Gasteiger partial charge is 0.421 e. The van der Waals surface area contributed by atoms with E-state index in [1.165, 1.54) is 17.1 Å². The molecular weight excluding hydrogens is 370 g/mol. The fourth-order valence-corrected chi connectivity index (χ4v) is 3.75. The van der Waals surface area contributed by atoms with Crippen molar-refractivity contribution in [3.05, 3.63) is 67.5 Å². The van der Waals surface area contributed by atoms with Crippen LogP contribution in [-0.2, 0) is 24.5 Å². The fraction of sp³-hybridized carbons (Fsp3) is 0.500.